The first-order valence-electron chi connectivity index (χ1n) is 5.42. The molecule has 4 heteroatoms. The molecule has 0 aliphatic heterocycles. The molecule has 3 N–H and O–H groups in total. The van der Waals surface area contributed by atoms with E-state index in [4.69, 9.17) is 15.6 Å². The Hall–Kier alpha value is -0.870. The molecule has 0 spiro atoms. The van der Waals surface area contributed by atoms with E-state index in [2.05, 4.69) is 0 Å². The summed E-state index contributed by atoms with van der Waals surface area (Å²) in [6, 6.07) is 5.74. The van der Waals surface area contributed by atoms with Crippen LogP contribution in [0.2, 0.25) is 0 Å². The Morgan fingerprint density at radius 2 is 2.12 bits per heavy atom. The van der Waals surface area contributed by atoms with Crippen LogP contribution >= 0.6 is 11.8 Å². The van der Waals surface area contributed by atoms with Crippen LogP contribution in [0, 0.1) is 0 Å². The van der Waals surface area contributed by atoms with E-state index < -0.39 is 0 Å². The predicted octanol–water partition coefficient (Wildman–Crippen LogP) is 2.53. The van der Waals surface area contributed by atoms with Crippen LogP contribution in [-0.4, -0.2) is 23.6 Å². The third-order valence-electron chi connectivity index (χ3n) is 1.85. The van der Waals surface area contributed by atoms with E-state index in [9.17, 15) is 0 Å². The molecule has 3 nitrogen and oxygen atoms in total. The zero-order valence-electron chi connectivity index (χ0n) is 9.77. The van der Waals surface area contributed by atoms with Gasteiger partial charge in [-0.3, -0.25) is 0 Å². The van der Waals surface area contributed by atoms with Crippen LogP contribution < -0.4 is 10.5 Å². The number of rotatable bonds is 6. The molecular weight excluding hydrogens is 222 g/mol. The number of aliphatic hydroxyl groups is 1. The Morgan fingerprint density at radius 1 is 1.38 bits per heavy atom. The van der Waals surface area contributed by atoms with Gasteiger partial charge in [0, 0.05) is 29.0 Å². The molecule has 0 atom stereocenters. The second-order valence-corrected chi connectivity index (χ2v) is 5.00. The smallest absolute Gasteiger partial charge is 0.122 e. The fourth-order valence-corrected chi connectivity index (χ4v) is 2.20. The average Bonchev–Trinajstić information content (AvgIpc) is 2.16. The molecule has 1 aromatic rings. The van der Waals surface area contributed by atoms with Gasteiger partial charge in [0.05, 0.1) is 6.10 Å². The lowest BCUT2D eigenvalue weighted by molar-refractivity contribution is 0.242. The van der Waals surface area contributed by atoms with Gasteiger partial charge in [0.2, 0.25) is 0 Å². The molecular formula is C12H19NO2S. The first-order valence-corrected chi connectivity index (χ1v) is 6.41. The minimum absolute atomic E-state index is 0.150. The lowest BCUT2D eigenvalue weighted by Crippen LogP contribution is -2.05. The van der Waals surface area contributed by atoms with Crippen molar-refractivity contribution in [2.75, 3.05) is 18.1 Å². The van der Waals surface area contributed by atoms with Gasteiger partial charge in [0.25, 0.3) is 0 Å². The van der Waals surface area contributed by atoms with Gasteiger partial charge in [0.1, 0.15) is 5.75 Å². The van der Waals surface area contributed by atoms with Crippen molar-refractivity contribution >= 4 is 17.4 Å². The standard InChI is InChI=1S/C12H19NO2S/c1-9(2)15-11-6-10(13)7-12(8-11)16-5-3-4-14/h6-9,14H,3-5,13H2,1-2H3. The zero-order valence-corrected chi connectivity index (χ0v) is 10.6. The summed E-state index contributed by atoms with van der Waals surface area (Å²) < 4.78 is 5.60. The molecule has 1 aromatic carbocycles. The molecule has 0 heterocycles. The number of nitrogens with two attached hydrogens (primary N) is 1. The third kappa shape index (κ3) is 4.77. The van der Waals surface area contributed by atoms with Crippen LogP contribution in [0.5, 0.6) is 5.75 Å². The Balaban J connectivity index is 2.65. The molecule has 1 rings (SSSR count). The topological polar surface area (TPSA) is 55.5 Å². The Kier molecular flexibility index (Phi) is 5.49. The van der Waals surface area contributed by atoms with Crippen molar-refractivity contribution in [1.29, 1.82) is 0 Å². The van der Waals surface area contributed by atoms with Crippen molar-refractivity contribution < 1.29 is 9.84 Å². The molecule has 0 saturated heterocycles. The molecule has 0 unspecified atom stereocenters. The Bertz CT molecular complexity index is 329. The first kappa shape index (κ1) is 13.2. The minimum atomic E-state index is 0.150. The lowest BCUT2D eigenvalue weighted by Gasteiger charge is -2.11. The highest BCUT2D eigenvalue weighted by Gasteiger charge is 2.02. The van der Waals surface area contributed by atoms with Crippen LogP contribution in [0.1, 0.15) is 20.3 Å². The Labute approximate surface area is 101 Å². The SMILES string of the molecule is CC(C)Oc1cc(N)cc(SCCCO)c1. The molecule has 90 valence electrons. The number of aliphatic hydroxyl groups excluding tert-OH is 1. The van der Waals surface area contributed by atoms with Gasteiger partial charge in [-0.2, -0.15) is 0 Å². The molecule has 0 bridgehead atoms. The third-order valence-corrected chi connectivity index (χ3v) is 2.91. The highest BCUT2D eigenvalue weighted by atomic mass is 32.2. The highest BCUT2D eigenvalue weighted by molar-refractivity contribution is 7.99. The highest BCUT2D eigenvalue weighted by Crippen LogP contribution is 2.27. The molecule has 0 aliphatic rings. The Morgan fingerprint density at radius 3 is 2.75 bits per heavy atom. The summed E-state index contributed by atoms with van der Waals surface area (Å²) in [5, 5.41) is 8.71. The summed E-state index contributed by atoms with van der Waals surface area (Å²) in [6.07, 6.45) is 0.942. The van der Waals surface area contributed by atoms with Crippen molar-refractivity contribution in [3.8, 4) is 5.75 Å². The number of thioether (sulfide) groups is 1. The summed E-state index contributed by atoms with van der Waals surface area (Å²) in [5.41, 5.74) is 6.51. The maximum absolute atomic E-state index is 8.71. The van der Waals surface area contributed by atoms with Crippen molar-refractivity contribution in [1.82, 2.24) is 0 Å². The fraction of sp³-hybridized carbons (Fsp3) is 0.500. The van der Waals surface area contributed by atoms with Crippen molar-refractivity contribution in [3.63, 3.8) is 0 Å². The van der Waals surface area contributed by atoms with Gasteiger partial charge in [-0.05, 0) is 32.4 Å². The fourth-order valence-electron chi connectivity index (χ4n) is 1.27. The summed E-state index contributed by atoms with van der Waals surface area (Å²) in [7, 11) is 0. The number of benzene rings is 1. The quantitative estimate of drug-likeness (QED) is 0.456. The molecule has 0 saturated carbocycles. The van der Waals surface area contributed by atoms with Crippen LogP contribution in [0.4, 0.5) is 5.69 Å². The van der Waals surface area contributed by atoms with Gasteiger partial charge in [-0.15, -0.1) is 11.8 Å². The molecule has 0 fully saturated rings. The summed E-state index contributed by atoms with van der Waals surface area (Å²) >= 11 is 1.68. The van der Waals surface area contributed by atoms with E-state index in [1.807, 2.05) is 32.0 Å². The molecule has 0 aromatic heterocycles. The number of hydrogen-bond donors (Lipinski definition) is 2. The normalized spacial score (nSPS) is 10.8. The predicted molar refractivity (Wildman–Crippen MR) is 69.0 cm³/mol. The number of hydrogen-bond acceptors (Lipinski definition) is 4. The summed E-state index contributed by atoms with van der Waals surface area (Å²) in [4.78, 5) is 1.09. The molecule has 16 heavy (non-hydrogen) atoms. The van der Waals surface area contributed by atoms with Gasteiger partial charge in [-0.1, -0.05) is 0 Å². The zero-order chi connectivity index (χ0) is 12.0. The molecule has 0 amide bonds. The van der Waals surface area contributed by atoms with Crippen molar-refractivity contribution in [3.05, 3.63) is 18.2 Å². The van der Waals surface area contributed by atoms with Gasteiger partial charge < -0.3 is 15.6 Å². The van der Waals surface area contributed by atoms with Crippen LogP contribution in [0.3, 0.4) is 0 Å². The molecule has 0 aliphatic carbocycles. The largest absolute Gasteiger partial charge is 0.491 e. The van der Waals surface area contributed by atoms with Crippen LogP contribution in [0.25, 0.3) is 0 Å². The number of ether oxygens (including phenoxy) is 1. The monoisotopic (exact) mass is 241 g/mol. The van der Waals surface area contributed by atoms with Crippen molar-refractivity contribution in [2.45, 2.75) is 31.3 Å². The minimum Gasteiger partial charge on any atom is -0.491 e. The van der Waals surface area contributed by atoms with Gasteiger partial charge >= 0.3 is 0 Å². The van der Waals surface area contributed by atoms with E-state index in [0.717, 1.165) is 22.8 Å². The van der Waals surface area contributed by atoms with E-state index in [-0.39, 0.29) is 12.7 Å². The second kappa shape index (κ2) is 6.66. The maximum Gasteiger partial charge on any atom is 0.122 e. The maximum atomic E-state index is 8.71. The molecule has 0 radical (unpaired) electrons. The van der Waals surface area contributed by atoms with E-state index in [1.165, 1.54) is 0 Å². The second-order valence-electron chi connectivity index (χ2n) is 3.83. The van der Waals surface area contributed by atoms with E-state index in [1.54, 1.807) is 11.8 Å². The number of nitrogen functional groups attached to an aromatic ring is 1. The van der Waals surface area contributed by atoms with Crippen molar-refractivity contribution in [2.24, 2.45) is 0 Å². The average molecular weight is 241 g/mol. The summed E-state index contributed by atoms with van der Waals surface area (Å²) in [5.74, 6) is 1.70. The van der Waals surface area contributed by atoms with E-state index in [0.29, 0.717) is 5.69 Å². The summed E-state index contributed by atoms with van der Waals surface area (Å²) in [6.45, 7) is 4.20. The first-order chi connectivity index (χ1) is 7.61. The lowest BCUT2D eigenvalue weighted by atomic mass is 10.3. The van der Waals surface area contributed by atoms with E-state index >= 15 is 0 Å². The van der Waals surface area contributed by atoms with Gasteiger partial charge in [-0.25, -0.2) is 0 Å². The van der Waals surface area contributed by atoms with Crippen LogP contribution in [-0.2, 0) is 0 Å². The van der Waals surface area contributed by atoms with Gasteiger partial charge in [0.15, 0.2) is 0 Å². The number of anilines is 1. The van der Waals surface area contributed by atoms with Crippen LogP contribution in [0.15, 0.2) is 23.1 Å².